The molecule has 0 aliphatic rings. The number of para-hydroxylation sites is 1. The summed E-state index contributed by atoms with van der Waals surface area (Å²) in [5.74, 6) is 0.367. The molecular formula is C20H25N3O5. The van der Waals surface area contributed by atoms with E-state index in [-0.39, 0.29) is 37.2 Å². The van der Waals surface area contributed by atoms with E-state index in [0.717, 1.165) is 0 Å². The highest BCUT2D eigenvalue weighted by Crippen LogP contribution is 2.17. The first-order chi connectivity index (χ1) is 13.6. The molecule has 0 spiro atoms. The van der Waals surface area contributed by atoms with E-state index in [1.165, 1.54) is 6.26 Å². The normalized spacial score (nSPS) is 10.2. The quantitative estimate of drug-likeness (QED) is 0.508. The van der Waals surface area contributed by atoms with E-state index >= 15 is 0 Å². The third-order valence-electron chi connectivity index (χ3n) is 3.78. The van der Waals surface area contributed by atoms with Gasteiger partial charge in [-0.2, -0.15) is 0 Å². The summed E-state index contributed by atoms with van der Waals surface area (Å²) in [7, 11) is 0. The van der Waals surface area contributed by atoms with Crippen LogP contribution in [0.15, 0.2) is 47.1 Å². The van der Waals surface area contributed by atoms with E-state index < -0.39 is 0 Å². The number of benzene rings is 1. The third-order valence-corrected chi connectivity index (χ3v) is 3.78. The van der Waals surface area contributed by atoms with E-state index in [4.69, 9.17) is 9.15 Å². The second-order valence-electron chi connectivity index (χ2n) is 5.92. The number of carbonyl (C=O) groups excluding carboxylic acids is 3. The summed E-state index contributed by atoms with van der Waals surface area (Å²) in [6.07, 6.45) is 2.19. The Morgan fingerprint density at radius 1 is 1.00 bits per heavy atom. The molecule has 3 N–H and O–H groups in total. The van der Waals surface area contributed by atoms with Crippen LogP contribution in [0.1, 0.15) is 35.9 Å². The first kappa shape index (κ1) is 21.0. The summed E-state index contributed by atoms with van der Waals surface area (Å²) in [5.41, 5.74) is 0.460. The Balaban J connectivity index is 1.60. The van der Waals surface area contributed by atoms with Crippen molar-refractivity contribution in [2.24, 2.45) is 0 Å². The minimum Gasteiger partial charge on any atom is -0.493 e. The smallest absolute Gasteiger partial charge is 0.255 e. The fraction of sp³-hybridized carbons (Fsp3) is 0.350. The highest BCUT2D eigenvalue weighted by molar-refractivity contribution is 5.96. The number of rotatable bonds is 11. The molecule has 0 fully saturated rings. The second kappa shape index (κ2) is 11.4. The van der Waals surface area contributed by atoms with Crippen molar-refractivity contribution in [3.63, 3.8) is 0 Å². The number of nitrogens with one attached hydrogen (secondary N) is 3. The Hall–Kier alpha value is -3.29. The maximum Gasteiger partial charge on any atom is 0.255 e. The minimum atomic E-state index is -0.300. The Morgan fingerprint density at radius 3 is 2.57 bits per heavy atom. The van der Waals surface area contributed by atoms with Gasteiger partial charge in [-0.05, 0) is 37.6 Å². The van der Waals surface area contributed by atoms with Gasteiger partial charge in [-0.1, -0.05) is 12.1 Å². The Kier molecular flexibility index (Phi) is 8.58. The lowest BCUT2D eigenvalue weighted by molar-refractivity contribution is -0.126. The number of carbonyl (C=O) groups is 3. The highest BCUT2D eigenvalue weighted by Gasteiger charge is 2.11. The second-order valence-corrected chi connectivity index (χ2v) is 5.92. The van der Waals surface area contributed by atoms with E-state index in [1.807, 2.05) is 6.92 Å². The van der Waals surface area contributed by atoms with Crippen LogP contribution in [-0.2, 0) is 16.1 Å². The average molecular weight is 387 g/mol. The topological polar surface area (TPSA) is 110 Å². The molecule has 1 aromatic carbocycles. The van der Waals surface area contributed by atoms with Crippen LogP contribution in [0, 0.1) is 0 Å². The van der Waals surface area contributed by atoms with Crippen molar-refractivity contribution in [1.29, 1.82) is 0 Å². The monoisotopic (exact) mass is 387 g/mol. The summed E-state index contributed by atoms with van der Waals surface area (Å²) < 4.78 is 10.5. The molecule has 0 aliphatic carbocycles. The van der Waals surface area contributed by atoms with Crippen LogP contribution in [0.25, 0.3) is 0 Å². The van der Waals surface area contributed by atoms with E-state index in [1.54, 1.807) is 36.4 Å². The van der Waals surface area contributed by atoms with Gasteiger partial charge in [0.15, 0.2) is 0 Å². The first-order valence-corrected chi connectivity index (χ1v) is 9.16. The van der Waals surface area contributed by atoms with Crippen LogP contribution < -0.4 is 20.7 Å². The summed E-state index contributed by atoms with van der Waals surface area (Å²) in [6, 6.07) is 10.5. The lowest BCUT2D eigenvalue weighted by Gasteiger charge is -2.10. The van der Waals surface area contributed by atoms with Crippen LogP contribution in [0.4, 0.5) is 0 Å². The van der Waals surface area contributed by atoms with Crippen molar-refractivity contribution < 1.29 is 23.5 Å². The molecule has 0 saturated heterocycles. The van der Waals surface area contributed by atoms with Gasteiger partial charge in [0.25, 0.3) is 5.91 Å². The highest BCUT2D eigenvalue weighted by atomic mass is 16.5. The van der Waals surface area contributed by atoms with Crippen molar-refractivity contribution >= 4 is 17.7 Å². The third kappa shape index (κ3) is 7.14. The number of ether oxygens (including phenoxy) is 1. The molecule has 28 heavy (non-hydrogen) atoms. The largest absolute Gasteiger partial charge is 0.493 e. The Bertz CT molecular complexity index is 774. The van der Waals surface area contributed by atoms with Crippen molar-refractivity contribution in [3.8, 4) is 5.75 Å². The molecule has 2 aromatic rings. The number of hydrogen-bond donors (Lipinski definition) is 3. The fourth-order valence-electron chi connectivity index (χ4n) is 2.41. The number of hydrogen-bond acceptors (Lipinski definition) is 5. The predicted molar refractivity (Wildman–Crippen MR) is 103 cm³/mol. The molecule has 0 aliphatic heterocycles. The zero-order valence-corrected chi connectivity index (χ0v) is 15.8. The van der Waals surface area contributed by atoms with Gasteiger partial charge in [0.05, 0.1) is 31.5 Å². The maximum atomic E-state index is 12.2. The first-order valence-electron chi connectivity index (χ1n) is 9.16. The molecule has 0 saturated carbocycles. The summed E-state index contributed by atoms with van der Waals surface area (Å²) >= 11 is 0. The van der Waals surface area contributed by atoms with Crippen LogP contribution in [-0.4, -0.2) is 37.4 Å². The van der Waals surface area contributed by atoms with Gasteiger partial charge in [-0.25, -0.2) is 0 Å². The van der Waals surface area contributed by atoms with Crippen molar-refractivity contribution in [2.45, 2.75) is 26.3 Å². The molecule has 0 unspecified atom stereocenters. The fourth-order valence-corrected chi connectivity index (χ4v) is 2.41. The Labute approximate surface area is 163 Å². The van der Waals surface area contributed by atoms with Gasteiger partial charge in [0.1, 0.15) is 11.5 Å². The molecule has 1 heterocycles. The summed E-state index contributed by atoms with van der Waals surface area (Å²) in [6.45, 7) is 2.84. The molecule has 0 bridgehead atoms. The SMILES string of the molecule is CCOc1ccccc1C(=O)NCCCC(=O)NCC(=O)NCc1ccco1. The van der Waals surface area contributed by atoms with Crippen LogP contribution in [0.3, 0.4) is 0 Å². The minimum absolute atomic E-state index is 0.104. The van der Waals surface area contributed by atoms with Gasteiger partial charge >= 0.3 is 0 Å². The van der Waals surface area contributed by atoms with E-state index in [0.29, 0.717) is 36.6 Å². The summed E-state index contributed by atoms with van der Waals surface area (Å²) in [4.78, 5) is 35.7. The van der Waals surface area contributed by atoms with Crippen LogP contribution >= 0.6 is 0 Å². The molecule has 150 valence electrons. The molecule has 1 aromatic heterocycles. The molecule has 2 rings (SSSR count). The van der Waals surface area contributed by atoms with Crippen molar-refractivity contribution in [2.75, 3.05) is 19.7 Å². The Morgan fingerprint density at radius 2 is 1.82 bits per heavy atom. The maximum absolute atomic E-state index is 12.2. The zero-order valence-electron chi connectivity index (χ0n) is 15.8. The standard InChI is InChI=1S/C20H25N3O5/c1-2-27-17-9-4-3-8-16(17)20(26)21-11-5-10-18(24)23-14-19(25)22-13-15-7-6-12-28-15/h3-4,6-9,12H,2,5,10-11,13-14H2,1H3,(H,21,26)(H,22,25)(H,23,24). The van der Waals surface area contributed by atoms with Crippen LogP contribution in [0.2, 0.25) is 0 Å². The van der Waals surface area contributed by atoms with Gasteiger partial charge < -0.3 is 25.1 Å². The number of amides is 3. The number of furan rings is 1. The molecule has 8 nitrogen and oxygen atoms in total. The van der Waals surface area contributed by atoms with Crippen LogP contribution in [0.5, 0.6) is 5.75 Å². The lowest BCUT2D eigenvalue weighted by Crippen LogP contribution is -2.36. The van der Waals surface area contributed by atoms with Crippen molar-refractivity contribution in [3.05, 3.63) is 54.0 Å². The molecular weight excluding hydrogens is 362 g/mol. The molecule has 0 radical (unpaired) electrons. The zero-order chi connectivity index (χ0) is 20.2. The van der Waals surface area contributed by atoms with E-state index in [9.17, 15) is 14.4 Å². The van der Waals surface area contributed by atoms with Gasteiger partial charge in [0, 0.05) is 13.0 Å². The lowest BCUT2D eigenvalue weighted by atomic mass is 10.2. The summed E-state index contributed by atoms with van der Waals surface area (Å²) in [5, 5.41) is 7.95. The van der Waals surface area contributed by atoms with Gasteiger partial charge in [-0.3, -0.25) is 14.4 Å². The van der Waals surface area contributed by atoms with E-state index in [2.05, 4.69) is 16.0 Å². The average Bonchev–Trinajstić information content (AvgIpc) is 3.22. The van der Waals surface area contributed by atoms with Crippen molar-refractivity contribution in [1.82, 2.24) is 16.0 Å². The molecule has 8 heteroatoms. The van der Waals surface area contributed by atoms with Gasteiger partial charge in [-0.15, -0.1) is 0 Å². The predicted octanol–water partition coefficient (Wildman–Crippen LogP) is 1.62. The van der Waals surface area contributed by atoms with Gasteiger partial charge in [0.2, 0.25) is 11.8 Å². The molecule has 0 atom stereocenters. The molecule has 3 amide bonds.